The van der Waals surface area contributed by atoms with Gasteiger partial charge >= 0.3 is 6.03 Å². The Morgan fingerprint density at radius 1 is 1.11 bits per heavy atom. The predicted octanol–water partition coefficient (Wildman–Crippen LogP) is 7.36. The molecule has 3 amide bonds. The Bertz CT molecular complexity index is 2050. The van der Waals surface area contributed by atoms with E-state index in [1.807, 2.05) is 61.5 Å². The van der Waals surface area contributed by atoms with E-state index in [0.29, 0.717) is 49.6 Å². The average Bonchev–Trinajstić information content (AvgIpc) is 3.44. The van der Waals surface area contributed by atoms with Crippen molar-refractivity contribution in [3.63, 3.8) is 0 Å². The molecular formula is C36H32N6O4S. The number of piperidine rings is 1. The van der Waals surface area contributed by atoms with Crippen molar-refractivity contribution >= 4 is 50.6 Å². The highest BCUT2D eigenvalue weighted by molar-refractivity contribution is 7.21. The van der Waals surface area contributed by atoms with Crippen LogP contribution in [0.4, 0.5) is 21.9 Å². The minimum Gasteiger partial charge on any atom is -0.488 e. The topological polar surface area (TPSA) is 120 Å². The van der Waals surface area contributed by atoms with Crippen LogP contribution in [-0.4, -0.2) is 48.0 Å². The van der Waals surface area contributed by atoms with Gasteiger partial charge in [-0.2, -0.15) is 5.26 Å². The Balaban J connectivity index is 1.10. The summed E-state index contributed by atoms with van der Waals surface area (Å²) in [7, 11) is 2.06. The van der Waals surface area contributed by atoms with Crippen LogP contribution in [0.1, 0.15) is 39.2 Å². The summed E-state index contributed by atoms with van der Waals surface area (Å²) in [6, 6.07) is 23.9. The monoisotopic (exact) mass is 644 g/mol. The molecule has 10 nitrogen and oxygen atoms in total. The van der Waals surface area contributed by atoms with Gasteiger partial charge in [0, 0.05) is 18.8 Å². The Labute approximate surface area is 276 Å². The second-order valence-electron chi connectivity index (χ2n) is 11.8. The highest BCUT2D eigenvalue weighted by atomic mass is 32.1. The molecule has 4 heterocycles. The van der Waals surface area contributed by atoms with Gasteiger partial charge in [-0.1, -0.05) is 24.3 Å². The second kappa shape index (κ2) is 12.7. The number of hydrogen-bond donors (Lipinski definition) is 2. The van der Waals surface area contributed by atoms with E-state index in [1.54, 1.807) is 29.3 Å². The van der Waals surface area contributed by atoms with Crippen LogP contribution in [0.25, 0.3) is 10.2 Å². The van der Waals surface area contributed by atoms with Crippen LogP contribution in [0.3, 0.4) is 0 Å². The number of amides is 3. The molecule has 0 bridgehead atoms. The van der Waals surface area contributed by atoms with E-state index in [1.165, 1.54) is 11.3 Å². The van der Waals surface area contributed by atoms with Gasteiger partial charge in [-0.05, 0) is 93.0 Å². The first-order valence-corrected chi connectivity index (χ1v) is 16.2. The van der Waals surface area contributed by atoms with E-state index in [-0.39, 0.29) is 24.6 Å². The zero-order chi connectivity index (χ0) is 32.5. The maximum Gasteiger partial charge on any atom is 0.331 e. The first kappa shape index (κ1) is 30.2. The van der Waals surface area contributed by atoms with Crippen LogP contribution < -0.4 is 25.0 Å². The number of nitrogens with one attached hydrogen (secondary N) is 2. The molecule has 2 aliphatic heterocycles. The lowest BCUT2D eigenvalue weighted by Crippen LogP contribution is -2.46. The fourth-order valence-corrected chi connectivity index (χ4v) is 7.16. The van der Waals surface area contributed by atoms with Crippen LogP contribution in [-0.2, 0) is 6.61 Å². The molecule has 0 radical (unpaired) electrons. The number of anilines is 3. The molecular weight excluding hydrogens is 613 g/mol. The number of ether oxygens (including phenoxy) is 2. The van der Waals surface area contributed by atoms with Crippen LogP contribution in [0.2, 0.25) is 0 Å². The van der Waals surface area contributed by atoms with Crippen LogP contribution in [0.5, 0.6) is 17.2 Å². The number of likely N-dealkylation sites (tertiary alicyclic amines) is 1. The predicted molar refractivity (Wildman–Crippen MR) is 182 cm³/mol. The van der Waals surface area contributed by atoms with Crippen molar-refractivity contribution < 1.29 is 19.1 Å². The van der Waals surface area contributed by atoms with Gasteiger partial charge in [0.1, 0.15) is 39.6 Å². The lowest BCUT2D eigenvalue weighted by molar-refractivity contribution is 0.0917. The quantitative estimate of drug-likeness (QED) is 0.181. The molecule has 47 heavy (non-hydrogen) atoms. The third-order valence-electron chi connectivity index (χ3n) is 8.36. The Morgan fingerprint density at radius 2 is 1.96 bits per heavy atom. The number of nitriles is 1. The largest absolute Gasteiger partial charge is 0.488 e. The molecule has 1 atom stereocenters. The zero-order valence-corrected chi connectivity index (χ0v) is 26.8. The molecule has 2 N–H and O–H groups in total. The number of thiophene rings is 1. The molecule has 0 aliphatic carbocycles. The molecule has 0 saturated carbocycles. The number of aromatic nitrogens is 1. The SMILES string of the molecule is Cc1cc(Oc2cccc(COc3ccccc3C#N)c2)ccc1N1C(=O)Nc2c(C(=O)N[C@@H]3CCCN(C)C3)sc3nccc1c23. The van der Waals surface area contributed by atoms with Gasteiger partial charge in [-0.3, -0.25) is 9.69 Å². The van der Waals surface area contributed by atoms with Gasteiger partial charge in [0.15, 0.2) is 0 Å². The summed E-state index contributed by atoms with van der Waals surface area (Å²) < 4.78 is 12.1. The molecule has 11 heteroatoms. The van der Waals surface area contributed by atoms with E-state index in [4.69, 9.17) is 9.47 Å². The summed E-state index contributed by atoms with van der Waals surface area (Å²) in [5.41, 5.74) is 4.06. The van der Waals surface area contributed by atoms with Gasteiger partial charge in [0.25, 0.3) is 5.91 Å². The number of carbonyl (C=O) groups excluding carboxylic acids is 2. The fourth-order valence-electron chi connectivity index (χ4n) is 6.14. The number of nitrogens with zero attached hydrogens (tertiary/aromatic N) is 4. The van der Waals surface area contributed by atoms with Gasteiger partial charge in [-0.15, -0.1) is 11.3 Å². The number of para-hydroxylation sites is 1. The smallest absolute Gasteiger partial charge is 0.331 e. The number of rotatable bonds is 8. The summed E-state index contributed by atoms with van der Waals surface area (Å²) in [5, 5.41) is 16.2. The van der Waals surface area contributed by atoms with Crippen molar-refractivity contribution in [1.29, 1.82) is 5.26 Å². The zero-order valence-electron chi connectivity index (χ0n) is 25.9. The molecule has 3 aromatic carbocycles. The fraction of sp³-hybridized carbons (Fsp3) is 0.222. The molecule has 7 rings (SSSR count). The summed E-state index contributed by atoms with van der Waals surface area (Å²) in [6.07, 6.45) is 3.63. The van der Waals surface area contributed by atoms with Crippen LogP contribution in [0.15, 0.2) is 79.0 Å². The van der Waals surface area contributed by atoms with Gasteiger partial charge < -0.3 is 25.0 Å². The third-order valence-corrected chi connectivity index (χ3v) is 9.45. The highest BCUT2D eigenvalue weighted by Crippen LogP contribution is 2.46. The number of aryl methyl sites for hydroxylation is 1. The molecule has 2 aliphatic rings. The molecule has 1 saturated heterocycles. The molecule has 1 fully saturated rings. The number of pyridine rings is 1. The minimum atomic E-state index is -0.350. The van der Waals surface area contributed by atoms with Crippen molar-refractivity contribution in [1.82, 2.24) is 15.2 Å². The van der Waals surface area contributed by atoms with E-state index in [0.717, 1.165) is 42.4 Å². The lowest BCUT2D eigenvalue weighted by Gasteiger charge is -2.31. The number of hydrogen-bond acceptors (Lipinski definition) is 8. The first-order chi connectivity index (χ1) is 22.9. The van der Waals surface area contributed by atoms with Crippen molar-refractivity contribution in [3.8, 4) is 23.3 Å². The van der Waals surface area contributed by atoms with Crippen molar-refractivity contribution in [3.05, 3.63) is 101 Å². The van der Waals surface area contributed by atoms with Gasteiger partial charge in [0.05, 0.1) is 28.0 Å². The number of urea groups is 1. The van der Waals surface area contributed by atoms with Crippen molar-refractivity contribution in [2.24, 2.45) is 0 Å². The summed E-state index contributed by atoms with van der Waals surface area (Å²) in [6.45, 7) is 4.03. The standard InChI is InChI=1S/C36H32N6O4S/c1-22-17-27(46-26-10-5-7-23(18-26)21-45-30-11-4-3-8-24(30)19-37)12-13-28(22)42-29-14-15-38-35-31(29)32(40-36(42)44)33(47-35)34(43)39-25-9-6-16-41(2)20-25/h3-5,7-8,10-15,17-18,25H,6,9,16,20-21H2,1-2H3,(H,39,43)(H,40,44)/t25-/m1/s1. The van der Waals surface area contributed by atoms with E-state index in [9.17, 15) is 14.9 Å². The summed E-state index contributed by atoms with van der Waals surface area (Å²) in [4.78, 5) is 36.6. The normalized spacial score (nSPS) is 16.0. The highest BCUT2D eigenvalue weighted by Gasteiger charge is 2.34. The molecule has 0 unspecified atom stereocenters. The van der Waals surface area contributed by atoms with Crippen molar-refractivity contribution in [2.45, 2.75) is 32.4 Å². The number of likely N-dealkylation sites (N-methyl/N-ethyl adjacent to an activating group) is 1. The molecule has 0 spiro atoms. The number of benzene rings is 3. The van der Waals surface area contributed by atoms with Crippen LogP contribution >= 0.6 is 11.3 Å². The molecule has 2 aromatic heterocycles. The Morgan fingerprint density at radius 3 is 2.79 bits per heavy atom. The lowest BCUT2D eigenvalue weighted by atomic mass is 10.1. The Hall–Kier alpha value is -5.44. The van der Waals surface area contributed by atoms with E-state index < -0.39 is 0 Å². The van der Waals surface area contributed by atoms with E-state index >= 15 is 0 Å². The summed E-state index contributed by atoms with van der Waals surface area (Å²) in [5.74, 6) is 1.58. The molecule has 236 valence electrons. The first-order valence-electron chi connectivity index (χ1n) is 15.4. The minimum absolute atomic E-state index is 0.0630. The van der Waals surface area contributed by atoms with Crippen molar-refractivity contribution in [2.75, 3.05) is 30.4 Å². The molecule has 5 aromatic rings. The maximum absolute atomic E-state index is 13.7. The summed E-state index contributed by atoms with van der Waals surface area (Å²) >= 11 is 1.29. The third kappa shape index (κ3) is 6.08. The van der Waals surface area contributed by atoms with Crippen LogP contribution in [0, 0.1) is 18.3 Å². The number of carbonyl (C=O) groups is 2. The van der Waals surface area contributed by atoms with Gasteiger partial charge in [-0.25, -0.2) is 9.78 Å². The average molecular weight is 645 g/mol. The Kier molecular flexibility index (Phi) is 8.20. The van der Waals surface area contributed by atoms with E-state index in [2.05, 4.69) is 33.6 Å². The van der Waals surface area contributed by atoms with Gasteiger partial charge in [0.2, 0.25) is 0 Å². The maximum atomic E-state index is 13.7. The second-order valence-corrected chi connectivity index (χ2v) is 12.8.